The van der Waals surface area contributed by atoms with Gasteiger partial charge < -0.3 is 15.1 Å². The molecule has 2 atom stereocenters. The molecule has 8 heteroatoms. The van der Waals surface area contributed by atoms with Gasteiger partial charge >= 0.3 is 5.97 Å². The minimum Gasteiger partial charge on any atom is -0.758 e. The van der Waals surface area contributed by atoms with Crippen LogP contribution >= 0.6 is 12.6 Å². The Labute approximate surface area is 71.3 Å². The topological polar surface area (TPSA) is 104 Å². The molecule has 0 rings (SSSR count). The van der Waals surface area contributed by atoms with Crippen molar-refractivity contribution in [2.24, 2.45) is 5.73 Å². The van der Waals surface area contributed by atoms with Gasteiger partial charge in [-0.3, -0.25) is 4.21 Å². The normalized spacial score (nSPS) is 15.5. The first kappa shape index (κ1) is 10.8. The van der Waals surface area contributed by atoms with Crippen LogP contribution in [0.15, 0.2) is 0 Å². The summed E-state index contributed by atoms with van der Waals surface area (Å²) in [6.07, 6.45) is 0. The van der Waals surface area contributed by atoms with Gasteiger partial charge in [0.15, 0.2) is 0 Å². The second kappa shape index (κ2) is 5.49. The zero-order valence-electron chi connectivity index (χ0n) is 5.35. The number of carbonyl (C=O) groups excluding carboxylic acids is 1. The third-order valence-electron chi connectivity index (χ3n) is 0.710. The fourth-order valence-electron chi connectivity index (χ4n) is 0.225. The second-order valence-corrected chi connectivity index (χ2v) is 2.53. The molecule has 0 spiro atoms. The van der Waals surface area contributed by atoms with E-state index in [-0.39, 0.29) is 5.75 Å². The van der Waals surface area contributed by atoms with E-state index in [1.54, 1.807) is 0 Å². The van der Waals surface area contributed by atoms with Crippen molar-refractivity contribution in [3.05, 3.63) is 0 Å². The van der Waals surface area contributed by atoms with E-state index in [0.29, 0.717) is 0 Å². The average Bonchev–Trinajstić information content (AvgIpc) is 1.98. The SMILES string of the molecule is N[C@@H](CS)C(=O)ONS(=O)[O-]. The number of nitrogens with two attached hydrogens (primary N) is 1. The van der Waals surface area contributed by atoms with Crippen LogP contribution in [0.25, 0.3) is 0 Å². The Kier molecular flexibility index (Phi) is 5.42. The van der Waals surface area contributed by atoms with Crippen LogP contribution in [0.3, 0.4) is 0 Å². The molecule has 0 amide bonds. The summed E-state index contributed by atoms with van der Waals surface area (Å²) in [5.74, 6) is -0.782. The summed E-state index contributed by atoms with van der Waals surface area (Å²) in [5, 5.41) is 0. The average molecular weight is 199 g/mol. The first-order valence-electron chi connectivity index (χ1n) is 2.50. The van der Waals surface area contributed by atoms with Gasteiger partial charge in [-0.25, -0.2) is 4.79 Å². The van der Waals surface area contributed by atoms with Gasteiger partial charge in [0.2, 0.25) is 0 Å². The Morgan fingerprint density at radius 3 is 2.82 bits per heavy atom. The number of hydrogen-bond acceptors (Lipinski definition) is 6. The predicted molar refractivity (Wildman–Crippen MR) is 40.0 cm³/mol. The standard InChI is InChI=1S/C3H8N2O4S2/c4-2(1-10)3(6)9-5-11(7)8/h2,5,10H,1,4H2,(H,7,8)/p-1/t2-/m0/s1. The number of hydrogen-bond donors (Lipinski definition) is 3. The summed E-state index contributed by atoms with van der Waals surface area (Å²) in [5.41, 5.74) is 5.11. The van der Waals surface area contributed by atoms with Gasteiger partial charge in [0.1, 0.15) is 6.04 Å². The molecule has 1 unspecified atom stereocenters. The highest BCUT2D eigenvalue weighted by Crippen LogP contribution is 1.86. The number of thiol groups is 1. The van der Waals surface area contributed by atoms with Crippen molar-refractivity contribution in [1.29, 1.82) is 0 Å². The highest BCUT2D eigenvalue weighted by Gasteiger charge is 2.12. The fraction of sp³-hybridized carbons (Fsp3) is 0.667. The summed E-state index contributed by atoms with van der Waals surface area (Å²) < 4.78 is 19.5. The van der Waals surface area contributed by atoms with E-state index >= 15 is 0 Å². The molecule has 0 aromatic carbocycles. The molecule has 11 heavy (non-hydrogen) atoms. The molecule has 3 N–H and O–H groups in total. The Bertz CT molecular complexity index is 163. The molecule has 66 valence electrons. The van der Waals surface area contributed by atoms with Crippen LogP contribution in [0.4, 0.5) is 0 Å². The maximum atomic E-state index is 10.5. The lowest BCUT2D eigenvalue weighted by atomic mass is 10.4. The van der Waals surface area contributed by atoms with Gasteiger partial charge in [-0.2, -0.15) is 12.6 Å². The van der Waals surface area contributed by atoms with Gasteiger partial charge in [-0.15, -0.1) is 0 Å². The van der Waals surface area contributed by atoms with Crippen LogP contribution in [-0.2, 0) is 20.9 Å². The Morgan fingerprint density at radius 2 is 2.45 bits per heavy atom. The van der Waals surface area contributed by atoms with Crippen molar-refractivity contribution in [3.63, 3.8) is 0 Å². The molecule has 0 radical (unpaired) electrons. The van der Waals surface area contributed by atoms with Gasteiger partial charge in [-0.1, -0.05) is 4.89 Å². The lowest BCUT2D eigenvalue weighted by Gasteiger charge is -2.09. The maximum Gasteiger partial charge on any atom is 0.343 e. The number of rotatable bonds is 4. The number of carbonyl (C=O) groups is 1. The van der Waals surface area contributed by atoms with E-state index in [4.69, 9.17) is 5.73 Å². The van der Waals surface area contributed by atoms with Crippen molar-refractivity contribution in [2.75, 3.05) is 5.75 Å². The first-order valence-corrected chi connectivity index (χ1v) is 4.20. The highest BCUT2D eigenvalue weighted by atomic mass is 32.2. The van der Waals surface area contributed by atoms with Crippen molar-refractivity contribution < 1.29 is 18.4 Å². The van der Waals surface area contributed by atoms with Crippen LogP contribution in [0.1, 0.15) is 0 Å². The second-order valence-electron chi connectivity index (χ2n) is 1.53. The molecule has 0 heterocycles. The van der Waals surface area contributed by atoms with Crippen molar-refractivity contribution in [1.82, 2.24) is 4.89 Å². The van der Waals surface area contributed by atoms with Crippen LogP contribution < -0.4 is 10.6 Å². The van der Waals surface area contributed by atoms with E-state index < -0.39 is 23.3 Å². The molecule has 6 nitrogen and oxygen atoms in total. The summed E-state index contributed by atoms with van der Waals surface area (Å²) in [7, 11) is 0. The van der Waals surface area contributed by atoms with E-state index in [0.717, 1.165) is 0 Å². The van der Waals surface area contributed by atoms with E-state index in [1.807, 2.05) is 0 Å². The fourth-order valence-corrected chi connectivity index (χ4v) is 0.525. The van der Waals surface area contributed by atoms with Crippen molar-refractivity contribution in [3.8, 4) is 0 Å². The first-order chi connectivity index (χ1) is 5.07. The molecule has 0 saturated heterocycles. The molecule has 0 aromatic heterocycles. The van der Waals surface area contributed by atoms with Crippen LogP contribution in [0.5, 0.6) is 0 Å². The van der Waals surface area contributed by atoms with E-state index in [2.05, 4.69) is 17.5 Å². The monoisotopic (exact) mass is 199 g/mol. The zero-order valence-corrected chi connectivity index (χ0v) is 7.06. The van der Waals surface area contributed by atoms with Gasteiger partial charge in [0.05, 0.1) is 11.3 Å². The summed E-state index contributed by atoms with van der Waals surface area (Å²) >= 11 is 1.06. The Balaban J connectivity index is 3.60. The Hall–Kier alpha value is -0.150. The number of nitrogens with one attached hydrogen (secondary N) is 1. The van der Waals surface area contributed by atoms with Gasteiger partial charge in [0.25, 0.3) is 0 Å². The van der Waals surface area contributed by atoms with E-state index in [1.165, 1.54) is 4.89 Å². The van der Waals surface area contributed by atoms with Crippen molar-refractivity contribution >= 4 is 29.9 Å². The summed E-state index contributed by atoms with van der Waals surface area (Å²) in [6, 6.07) is -0.922. The maximum absolute atomic E-state index is 10.5. The van der Waals surface area contributed by atoms with Crippen LogP contribution in [0, 0.1) is 0 Å². The molecule has 0 aliphatic rings. The van der Waals surface area contributed by atoms with Crippen molar-refractivity contribution in [2.45, 2.75) is 6.04 Å². The summed E-state index contributed by atoms with van der Waals surface area (Å²) in [4.78, 5) is 15.9. The lowest BCUT2D eigenvalue weighted by molar-refractivity contribution is -0.148. The quantitative estimate of drug-likeness (QED) is 0.278. The minimum atomic E-state index is -2.63. The molecule has 0 aliphatic carbocycles. The summed E-state index contributed by atoms with van der Waals surface area (Å²) in [6.45, 7) is 0. The third-order valence-corrected chi connectivity index (χ3v) is 1.32. The predicted octanol–water partition coefficient (Wildman–Crippen LogP) is -1.91. The largest absolute Gasteiger partial charge is 0.758 e. The van der Waals surface area contributed by atoms with Gasteiger partial charge in [0, 0.05) is 5.75 Å². The van der Waals surface area contributed by atoms with E-state index in [9.17, 15) is 13.6 Å². The highest BCUT2D eigenvalue weighted by molar-refractivity contribution is 7.80. The van der Waals surface area contributed by atoms with Crippen LogP contribution in [0.2, 0.25) is 0 Å². The zero-order chi connectivity index (χ0) is 8.85. The molecular weight excluding hydrogens is 192 g/mol. The smallest absolute Gasteiger partial charge is 0.343 e. The lowest BCUT2D eigenvalue weighted by Crippen LogP contribution is -2.37. The third kappa shape index (κ3) is 5.16. The molecule has 0 fully saturated rings. The molecular formula is C3H7N2O4S2-. The molecule has 0 aromatic rings. The van der Waals surface area contributed by atoms with Gasteiger partial charge in [-0.05, 0) is 0 Å². The Morgan fingerprint density at radius 1 is 1.91 bits per heavy atom. The molecule has 0 bridgehead atoms. The van der Waals surface area contributed by atoms with Crippen LogP contribution in [-0.4, -0.2) is 26.5 Å². The minimum absolute atomic E-state index is 0.0893. The molecule has 0 saturated carbocycles. The molecule has 0 aliphatic heterocycles.